The van der Waals surface area contributed by atoms with Gasteiger partial charge in [0, 0.05) is 71.3 Å². The molecule has 0 bridgehead atoms. The van der Waals surface area contributed by atoms with E-state index in [1.807, 2.05) is 17.2 Å². The molecular weight excluding hydrogens is 735 g/mol. The standard InChI is InChI=1S/C37H63N15O5/c38-32(56)27(11-9-18-45-36(39)40)49-29(53)14-6-4-8-17-44-35(57)28(12-10-19-46-37(41)42)50-30(54)13-5-2-1-3-7-15-31(55)51-21-23-52(24-22-51)34-26-16-20-43-33(26)47-25-48-34/h16,20,25,27-28H,1-15,17-19,21-24H2,(H2,38,56)(H,44,57)(H,49,53)(H,50,54)(H4,39,40,45)(H4,41,42,46)(H,43,47,48)/t27-,28-/m1/s1. The highest BCUT2D eigenvalue weighted by molar-refractivity contribution is 5.88. The van der Waals surface area contributed by atoms with Crippen molar-refractivity contribution >= 4 is 58.3 Å². The number of hydrogen-bond donors (Lipinski definition) is 9. The van der Waals surface area contributed by atoms with Crippen LogP contribution < -0.4 is 49.5 Å². The highest BCUT2D eigenvalue weighted by Gasteiger charge is 2.24. The van der Waals surface area contributed by atoms with E-state index in [2.05, 4.69) is 45.8 Å². The number of nitrogens with two attached hydrogens (primary N) is 5. The van der Waals surface area contributed by atoms with Gasteiger partial charge < -0.3 is 59.4 Å². The lowest BCUT2D eigenvalue weighted by Gasteiger charge is -2.35. The number of fused-ring (bicyclic) bond motifs is 1. The maximum Gasteiger partial charge on any atom is 0.242 e. The van der Waals surface area contributed by atoms with Crippen LogP contribution in [0.5, 0.6) is 0 Å². The van der Waals surface area contributed by atoms with Crippen LogP contribution in [0.25, 0.3) is 11.0 Å². The molecule has 57 heavy (non-hydrogen) atoms. The molecule has 1 aliphatic rings. The Hall–Kier alpha value is -5.69. The molecule has 1 aliphatic heterocycles. The lowest BCUT2D eigenvalue weighted by Crippen LogP contribution is -2.49. The van der Waals surface area contributed by atoms with Crippen LogP contribution in [0, 0.1) is 0 Å². The summed E-state index contributed by atoms with van der Waals surface area (Å²) in [4.78, 5) is 86.5. The van der Waals surface area contributed by atoms with Gasteiger partial charge in [0.15, 0.2) is 11.9 Å². The summed E-state index contributed by atoms with van der Waals surface area (Å²) in [5.41, 5.74) is 27.7. The van der Waals surface area contributed by atoms with Gasteiger partial charge in [0.2, 0.25) is 29.5 Å². The third-order valence-corrected chi connectivity index (χ3v) is 9.66. The number of amides is 5. The number of unbranched alkanes of at least 4 members (excludes halogenated alkanes) is 6. The van der Waals surface area contributed by atoms with Crippen LogP contribution >= 0.6 is 0 Å². The van der Waals surface area contributed by atoms with Gasteiger partial charge in [-0.05, 0) is 57.4 Å². The number of guanidine groups is 2. The van der Waals surface area contributed by atoms with Crippen LogP contribution in [-0.2, 0) is 24.0 Å². The van der Waals surface area contributed by atoms with Crippen molar-refractivity contribution in [2.24, 2.45) is 38.7 Å². The molecule has 1 fully saturated rings. The molecule has 1 saturated heterocycles. The van der Waals surface area contributed by atoms with Crippen molar-refractivity contribution in [3.05, 3.63) is 18.6 Å². The van der Waals surface area contributed by atoms with Crippen LogP contribution in [-0.4, -0.2) is 119 Å². The Balaban J connectivity index is 1.27. The van der Waals surface area contributed by atoms with Crippen LogP contribution in [0.1, 0.15) is 96.3 Å². The number of nitrogens with zero attached hydrogens (tertiary/aromatic N) is 6. The van der Waals surface area contributed by atoms with Gasteiger partial charge in [-0.2, -0.15) is 0 Å². The Morgan fingerprint density at radius 1 is 0.702 bits per heavy atom. The third-order valence-electron chi connectivity index (χ3n) is 9.66. The Morgan fingerprint density at radius 2 is 1.26 bits per heavy atom. The van der Waals surface area contributed by atoms with Gasteiger partial charge in [-0.3, -0.25) is 34.0 Å². The Labute approximate surface area is 334 Å². The Morgan fingerprint density at radius 3 is 1.88 bits per heavy atom. The second-order valence-corrected chi connectivity index (χ2v) is 14.2. The van der Waals surface area contributed by atoms with E-state index in [0.29, 0.717) is 90.5 Å². The topological polar surface area (TPSA) is 324 Å². The van der Waals surface area contributed by atoms with Crippen molar-refractivity contribution in [2.75, 3.05) is 50.7 Å². The molecule has 0 aromatic carbocycles. The number of nitrogens with one attached hydrogen (secondary N) is 4. The number of anilines is 1. The molecule has 0 radical (unpaired) electrons. The summed E-state index contributed by atoms with van der Waals surface area (Å²) in [5, 5.41) is 9.37. The molecule has 20 nitrogen and oxygen atoms in total. The maximum absolute atomic E-state index is 13.0. The van der Waals surface area contributed by atoms with Gasteiger partial charge in [0.1, 0.15) is 29.9 Å². The molecule has 0 aliphatic carbocycles. The molecule has 2 atom stereocenters. The van der Waals surface area contributed by atoms with Crippen LogP contribution in [0.2, 0.25) is 0 Å². The average molecular weight is 798 g/mol. The maximum atomic E-state index is 13.0. The van der Waals surface area contributed by atoms with Gasteiger partial charge in [-0.1, -0.05) is 25.7 Å². The minimum absolute atomic E-state index is 0.0396. The quantitative estimate of drug-likeness (QED) is 0.0316. The van der Waals surface area contributed by atoms with E-state index in [1.165, 1.54) is 0 Å². The van der Waals surface area contributed by atoms with E-state index in [1.54, 1.807) is 6.33 Å². The number of aromatic nitrogens is 3. The number of H-pyrrole nitrogens is 1. The third kappa shape index (κ3) is 17.8. The molecule has 0 unspecified atom stereocenters. The zero-order chi connectivity index (χ0) is 41.4. The first-order valence-corrected chi connectivity index (χ1v) is 20.0. The fraction of sp³-hybridized carbons (Fsp3) is 0.649. The Bertz CT molecular complexity index is 1630. The molecule has 14 N–H and O–H groups in total. The molecule has 2 aromatic heterocycles. The predicted octanol–water partition coefficient (Wildman–Crippen LogP) is -0.424. The number of piperazine rings is 1. The molecule has 2 aromatic rings. The van der Waals surface area contributed by atoms with Gasteiger partial charge in [0.05, 0.1) is 5.39 Å². The largest absolute Gasteiger partial charge is 0.370 e. The predicted molar refractivity (Wildman–Crippen MR) is 219 cm³/mol. The average Bonchev–Trinajstić information content (AvgIpc) is 3.67. The van der Waals surface area contributed by atoms with Crippen molar-refractivity contribution in [1.82, 2.24) is 35.8 Å². The van der Waals surface area contributed by atoms with Gasteiger partial charge in [0.25, 0.3) is 0 Å². The lowest BCUT2D eigenvalue weighted by molar-refractivity contribution is -0.131. The van der Waals surface area contributed by atoms with Crippen molar-refractivity contribution < 1.29 is 24.0 Å². The highest BCUT2D eigenvalue weighted by atomic mass is 16.2. The van der Waals surface area contributed by atoms with Crippen molar-refractivity contribution in [1.29, 1.82) is 0 Å². The van der Waals surface area contributed by atoms with E-state index < -0.39 is 18.0 Å². The van der Waals surface area contributed by atoms with Crippen molar-refractivity contribution in [2.45, 2.75) is 108 Å². The zero-order valence-corrected chi connectivity index (χ0v) is 33.1. The summed E-state index contributed by atoms with van der Waals surface area (Å²) >= 11 is 0. The van der Waals surface area contributed by atoms with E-state index >= 15 is 0 Å². The van der Waals surface area contributed by atoms with Crippen LogP contribution in [0.3, 0.4) is 0 Å². The van der Waals surface area contributed by atoms with E-state index in [9.17, 15) is 24.0 Å². The molecule has 3 heterocycles. The van der Waals surface area contributed by atoms with Gasteiger partial charge in [-0.15, -0.1) is 0 Å². The van der Waals surface area contributed by atoms with E-state index in [4.69, 9.17) is 28.7 Å². The SMILES string of the molecule is NC(=O)[C@@H](CCCN=C(N)N)NC(=O)CCCCCNC(=O)[C@@H](CCCN=C(N)N)NC(=O)CCCCCCCC(=O)N1CCN(c2ncnc3[nH]ccc23)CC1. The van der Waals surface area contributed by atoms with Crippen molar-refractivity contribution in [3.8, 4) is 0 Å². The van der Waals surface area contributed by atoms with E-state index in [0.717, 1.165) is 55.6 Å². The van der Waals surface area contributed by atoms with Gasteiger partial charge >= 0.3 is 0 Å². The monoisotopic (exact) mass is 798 g/mol. The van der Waals surface area contributed by atoms with E-state index in [-0.39, 0.29) is 48.4 Å². The van der Waals surface area contributed by atoms with Crippen molar-refractivity contribution in [3.63, 3.8) is 0 Å². The minimum atomic E-state index is -0.805. The van der Waals surface area contributed by atoms with Gasteiger partial charge in [-0.25, -0.2) is 9.97 Å². The Kier molecular flexibility index (Phi) is 20.4. The number of carbonyl (C=O) groups is 5. The second-order valence-electron chi connectivity index (χ2n) is 14.2. The number of hydrogen-bond acceptors (Lipinski definition) is 10. The summed E-state index contributed by atoms with van der Waals surface area (Å²) in [6.07, 6.45) is 12.0. The second kappa shape index (κ2) is 25.5. The molecule has 5 amide bonds. The first kappa shape index (κ1) is 45.7. The zero-order valence-electron chi connectivity index (χ0n) is 33.1. The summed E-state index contributed by atoms with van der Waals surface area (Å²) in [7, 11) is 0. The molecule has 0 spiro atoms. The summed E-state index contributed by atoms with van der Waals surface area (Å²) in [6, 6.07) is 0.427. The lowest BCUT2D eigenvalue weighted by atomic mass is 10.1. The summed E-state index contributed by atoms with van der Waals surface area (Å²) < 4.78 is 0. The fourth-order valence-electron chi connectivity index (χ4n) is 6.55. The normalized spacial score (nSPS) is 13.7. The van der Waals surface area contributed by atoms with Crippen LogP contribution in [0.15, 0.2) is 28.6 Å². The van der Waals surface area contributed by atoms with Crippen LogP contribution in [0.4, 0.5) is 5.82 Å². The molecule has 3 rings (SSSR count). The first-order chi connectivity index (χ1) is 27.4. The number of aromatic amines is 1. The number of primary amides is 1. The number of rotatable bonds is 27. The number of aliphatic imine (C=N–C) groups is 2. The molecule has 20 heteroatoms. The summed E-state index contributed by atoms with van der Waals surface area (Å²) in [6.45, 7) is 3.78. The fourth-order valence-corrected chi connectivity index (χ4v) is 6.55. The number of carbonyl (C=O) groups excluding carboxylic acids is 5. The molecule has 316 valence electrons. The molecule has 0 saturated carbocycles. The smallest absolute Gasteiger partial charge is 0.242 e. The summed E-state index contributed by atoms with van der Waals surface area (Å²) in [5.74, 6) is -0.450. The minimum Gasteiger partial charge on any atom is -0.370 e. The highest BCUT2D eigenvalue weighted by Crippen LogP contribution is 2.23. The first-order valence-electron chi connectivity index (χ1n) is 20.0. The molecular formula is C37H63N15O5.